The summed E-state index contributed by atoms with van der Waals surface area (Å²) in [5, 5.41) is 4.17. The van der Waals surface area contributed by atoms with E-state index in [2.05, 4.69) is 23.1 Å². The zero-order chi connectivity index (χ0) is 12.7. The Morgan fingerprint density at radius 2 is 1.56 bits per heavy atom. The van der Waals surface area contributed by atoms with E-state index in [9.17, 15) is 0 Å². The van der Waals surface area contributed by atoms with Gasteiger partial charge in [-0.3, -0.25) is 0 Å². The molecule has 0 bridgehead atoms. The van der Waals surface area contributed by atoms with Crippen molar-refractivity contribution in [2.24, 2.45) is 0 Å². The normalized spacial score (nSPS) is 8.94. The van der Waals surface area contributed by atoms with Crippen molar-refractivity contribution < 1.29 is 0 Å². The van der Waals surface area contributed by atoms with Gasteiger partial charge in [0.2, 0.25) is 0 Å². The van der Waals surface area contributed by atoms with Crippen LogP contribution in [0.5, 0.6) is 0 Å². The van der Waals surface area contributed by atoms with Gasteiger partial charge >= 0.3 is 0 Å². The highest BCUT2D eigenvalue weighted by atomic mass is 15.2. The van der Waals surface area contributed by atoms with E-state index < -0.39 is 0 Å². The maximum absolute atomic E-state index is 4.17. The topological polar surface area (TPSA) is 30.2 Å². The van der Waals surface area contributed by atoms with E-state index in [0.717, 1.165) is 16.9 Å². The summed E-state index contributed by atoms with van der Waals surface area (Å²) in [6, 6.07) is 2.12. The second kappa shape index (κ2) is 6.99. The minimum absolute atomic E-state index is 1.04. The van der Waals surface area contributed by atoms with Crippen LogP contribution in [-0.2, 0) is 0 Å². The van der Waals surface area contributed by atoms with Crippen molar-refractivity contribution in [3.05, 3.63) is 29.3 Å². The van der Waals surface area contributed by atoms with Crippen LogP contribution in [0, 0.1) is 20.8 Å². The zero-order valence-corrected chi connectivity index (χ0v) is 11.5. The second-order valence-electron chi connectivity index (χ2n) is 3.07. The lowest BCUT2D eigenvalue weighted by molar-refractivity contribution is 0.858. The fourth-order valence-corrected chi connectivity index (χ4v) is 1.60. The fraction of sp³-hybridized carbons (Fsp3) is 0.538. The number of nitrogens with zero attached hydrogens (tertiary/aromatic N) is 3. The summed E-state index contributed by atoms with van der Waals surface area (Å²) in [4.78, 5) is 4.15. The lowest BCUT2D eigenvalue weighted by Gasteiger charge is -1.98. The summed E-state index contributed by atoms with van der Waals surface area (Å²) in [5.41, 5.74) is 4.57. The summed E-state index contributed by atoms with van der Waals surface area (Å²) in [6.07, 6.45) is 1.59. The molecule has 2 aromatic heterocycles. The summed E-state index contributed by atoms with van der Waals surface area (Å²) in [5.74, 6) is 0. The zero-order valence-electron chi connectivity index (χ0n) is 11.5. The highest BCUT2D eigenvalue weighted by Gasteiger charge is 2.05. The monoisotopic (exact) mass is 221 g/mol. The fourth-order valence-electron chi connectivity index (χ4n) is 1.60. The van der Waals surface area contributed by atoms with Crippen LogP contribution in [0.3, 0.4) is 0 Å². The van der Waals surface area contributed by atoms with Crippen molar-refractivity contribution in [2.45, 2.75) is 48.5 Å². The number of aryl methyl sites for hydroxylation is 3. The molecule has 0 aliphatic rings. The first-order valence-corrected chi connectivity index (χ1v) is 5.96. The molecule has 0 N–H and O–H groups in total. The lowest BCUT2D eigenvalue weighted by Crippen LogP contribution is -1.96. The summed E-state index contributed by atoms with van der Waals surface area (Å²) in [7, 11) is 0. The van der Waals surface area contributed by atoms with Crippen molar-refractivity contribution in [1.82, 2.24) is 14.6 Å². The van der Waals surface area contributed by atoms with E-state index in [1.54, 1.807) is 6.33 Å². The Bertz CT molecular complexity index is 430. The molecule has 2 heterocycles. The molecule has 0 atom stereocenters. The van der Waals surface area contributed by atoms with Crippen molar-refractivity contribution in [3.8, 4) is 0 Å². The molecule has 0 amide bonds. The molecule has 0 spiro atoms. The Balaban J connectivity index is 0.000000509. The maximum atomic E-state index is 4.17. The van der Waals surface area contributed by atoms with Crippen LogP contribution in [0.15, 0.2) is 12.4 Å². The van der Waals surface area contributed by atoms with Gasteiger partial charge in [0.15, 0.2) is 0 Å². The number of fused-ring (bicyclic) bond motifs is 1. The van der Waals surface area contributed by atoms with Gasteiger partial charge in [0.05, 0.1) is 11.2 Å². The Morgan fingerprint density at radius 3 is 2.06 bits per heavy atom. The molecule has 2 rings (SSSR count). The van der Waals surface area contributed by atoms with Crippen LogP contribution in [0.4, 0.5) is 0 Å². The van der Waals surface area contributed by atoms with Crippen LogP contribution < -0.4 is 0 Å². The van der Waals surface area contributed by atoms with Crippen LogP contribution in [0.1, 0.15) is 44.6 Å². The summed E-state index contributed by atoms with van der Waals surface area (Å²) < 4.78 is 1.93. The molecule has 16 heavy (non-hydrogen) atoms. The summed E-state index contributed by atoms with van der Waals surface area (Å²) in [6.45, 7) is 14.1. The van der Waals surface area contributed by atoms with Crippen molar-refractivity contribution in [3.63, 3.8) is 0 Å². The van der Waals surface area contributed by atoms with Gasteiger partial charge < -0.3 is 0 Å². The number of aromatic nitrogens is 3. The van der Waals surface area contributed by atoms with E-state index in [0.29, 0.717) is 0 Å². The maximum Gasteiger partial charge on any atom is 0.136 e. The molecule has 0 unspecified atom stereocenters. The molecule has 0 aliphatic heterocycles. The summed E-state index contributed by atoms with van der Waals surface area (Å²) >= 11 is 0. The van der Waals surface area contributed by atoms with Crippen molar-refractivity contribution >= 4 is 5.52 Å². The number of rotatable bonds is 0. The van der Waals surface area contributed by atoms with Crippen molar-refractivity contribution in [1.29, 1.82) is 0 Å². The van der Waals surface area contributed by atoms with Crippen LogP contribution in [-0.4, -0.2) is 14.6 Å². The Kier molecular flexibility index (Phi) is 6.38. The molecule has 0 saturated heterocycles. The van der Waals surface area contributed by atoms with Gasteiger partial charge in [0.1, 0.15) is 6.33 Å². The molecular weight excluding hydrogens is 198 g/mol. The standard InChI is InChI=1S/C9H11N3.2C2H6/c1-6-4-7(2)12-9(6)8(3)10-5-11-12;2*1-2/h4-5H,1-3H3;2*1-2H3. The van der Waals surface area contributed by atoms with Gasteiger partial charge in [-0.25, -0.2) is 9.50 Å². The molecule has 0 radical (unpaired) electrons. The molecule has 3 nitrogen and oxygen atoms in total. The Labute approximate surface area is 98.5 Å². The molecule has 90 valence electrons. The average molecular weight is 221 g/mol. The van der Waals surface area contributed by atoms with Crippen LogP contribution >= 0.6 is 0 Å². The van der Waals surface area contributed by atoms with Gasteiger partial charge in [-0.05, 0) is 32.4 Å². The molecule has 0 fully saturated rings. The molecule has 0 aliphatic carbocycles. The Hall–Kier alpha value is -1.38. The molecular formula is C13H23N3. The number of hydrogen-bond acceptors (Lipinski definition) is 2. The number of hydrogen-bond donors (Lipinski definition) is 0. The minimum Gasteiger partial charge on any atom is -0.238 e. The first-order valence-electron chi connectivity index (χ1n) is 5.96. The largest absolute Gasteiger partial charge is 0.238 e. The molecule has 3 heteroatoms. The molecule has 0 saturated carbocycles. The first-order chi connectivity index (χ1) is 7.70. The van der Waals surface area contributed by atoms with E-state index in [1.807, 2.05) is 46.1 Å². The van der Waals surface area contributed by atoms with Gasteiger partial charge in [-0.15, -0.1) is 0 Å². The van der Waals surface area contributed by atoms with E-state index in [-0.39, 0.29) is 0 Å². The quantitative estimate of drug-likeness (QED) is 0.679. The highest BCUT2D eigenvalue weighted by molar-refractivity contribution is 5.59. The third kappa shape index (κ3) is 2.81. The van der Waals surface area contributed by atoms with Gasteiger partial charge in [0, 0.05) is 5.69 Å². The van der Waals surface area contributed by atoms with Crippen LogP contribution in [0.25, 0.3) is 5.52 Å². The van der Waals surface area contributed by atoms with E-state index in [1.165, 1.54) is 5.56 Å². The van der Waals surface area contributed by atoms with E-state index >= 15 is 0 Å². The van der Waals surface area contributed by atoms with Crippen LogP contribution in [0.2, 0.25) is 0 Å². The molecule has 0 aromatic carbocycles. The molecule has 2 aromatic rings. The Morgan fingerprint density at radius 1 is 1.00 bits per heavy atom. The minimum atomic E-state index is 1.04. The predicted molar refractivity (Wildman–Crippen MR) is 69.9 cm³/mol. The SMILES string of the molecule is CC.CC.Cc1cc(C)n2ncnc(C)c12. The average Bonchev–Trinajstić information content (AvgIpc) is 2.61. The second-order valence-corrected chi connectivity index (χ2v) is 3.07. The van der Waals surface area contributed by atoms with E-state index in [4.69, 9.17) is 0 Å². The van der Waals surface area contributed by atoms with Crippen molar-refractivity contribution in [2.75, 3.05) is 0 Å². The smallest absolute Gasteiger partial charge is 0.136 e. The highest BCUT2D eigenvalue weighted by Crippen LogP contribution is 2.15. The third-order valence-electron chi connectivity index (χ3n) is 2.11. The van der Waals surface area contributed by atoms with Gasteiger partial charge in [0.25, 0.3) is 0 Å². The predicted octanol–water partition coefficient (Wildman–Crippen LogP) is 3.71. The third-order valence-corrected chi connectivity index (χ3v) is 2.11. The lowest BCUT2D eigenvalue weighted by atomic mass is 10.3. The first kappa shape index (κ1) is 14.6. The van der Waals surface area contributed by atoms with Gasteiger partial charge in [-0.2, -0.15) is 5.10 Å². The van der Waals surface area contributed by atoms with Gasteiger partial charge in [-0.1, -0.05) is 27.7 Å².